The van der Waals surface area contributed by atoms with Gasteiger partial charge in [0.25, 0.3) is 5.91 Å². The number of nitrogens with one attached hydrogen (secondary N) is 2. The van der Waals surface area contributed by atoms with Crippen molar-refractivity contribution in [3.63, 3.8) is 0 Å². The Kier molecular flexibility index (Phi) is 5.54. The molecule has 0 aromatic heterocycles. The number of hydrogen-bond donors (Lipinski definition) is 2. The summed E-state index contributed by atoms with van der Waals surface area (Å²) in [5, 5.41) is 6.19. The molecule has 1 aliphatic rings. The molecule has 1 aliphatic heterocycles. The lowest BCUT2D eigenvalue weighted by atomic mass is 9.95. The van der Waals surface area contributed by atoms with E-state index in [1.165, 1.54) is 25.3 Å². The van der Waals surface area contributed by atoms with Gasteiger partial charge in [-0.1, -0.05) is 6.92 Å². The van der Waals surface area contributed by atoms with Gasteiger partial charge < -0.3 is 20.1 Å². The number of methoxy groups -OCH3 is 1. The van der Waals surface area contributed by atoms with Crippen LogP contribution >= 0.6 is 0 Å². The van der Waals surface area contributed by atoms with Crippen molar-refractivity contribution in [1.29, 1.82) is 0 Å². The zero-order chi connectivity index (χ0) is 16.1. The maximum Gasteiger partial charge on any atom is 0.387 e. The summed E-state index contributed by atoms with van der Waals surface area (Å²) in [5.41, 5.74) is 0.266. The minimum Gasteiger partial charge on any atom is -0.493 e. The Bertz CT molecular complexity index is 526. The summed E-state index contributed by atoms with van der Waals surface area (Å²) in [6, 6.07) is 4.30. The number of piperidine rings is 1. The first-order chi connectivity index (χ1) is 10.5. The van der Waals surface area contributed by atoms with Crippen LogP contribution in [0.1, 0.15) is 23.7 Å². The highest BCUT2D eigenvalue weighted by atomic mass is 19.3. The van der Waals surface area contributed by atoms with E-state index in [4.69, 9.17) is 4.74 Å². The average Bonchev–Trinajstić information content (AvgIpc) is 2.49. The summed E-state index contributed by atoms with van der Waals surface area (Å²) < 4.78 is 34.2. The third-order valence-electron chi connectivity index (χ3n) is 3.74. The maximum absolute atomic E-state index is 12.4. The predicted molar refractivity (Wildman–Crippen MR) is 77.5 cm³/mol. The summed E-state index contributed by atoms with van der Waals surface area (Å²) in [4.78, 5) is 12.3. The van der Waals surface area contributed by atoms with Crippen LogP contribution in [0.2, 0.25) is 0 Å². The van der Waals surface area contributed by atoms with Gasteiger partial charge in [-0.25, -0.2) is 0 Å². The molecule has 5 nitrogen and oxygen atoms in total. The van der Waals surface area contributed by atoms with Crippen LogP contribution in [0, 0.1) is 5.92 Å². The second kappa shape index (κ2) is 7.40. The summed E-state index contributed by atoms with van der Waals surface area (Å²) in [6.07, 6.45) is 0.837. The number of rotatable bonds is 5. The summed E-state index contributed by atoms with van der Waals surface area (Å²) >= 11 is 0. The number of ether oxygens (including phenoxy) is 2. The lowest BCUT2D eigenvalue weighted by Crippen LogP contribution is -2.48. The van der Waals surface area contributed by atoms with Gasteiger partial charge in [0.2, 0.25) is 0 Å². The summed E-state index contributed by atoms with van der Waals surface area (Å²) in [5.74, 6) is 0.0174. The molecule has 0 spiro atoms. The molecule has 0 saturated carbocycles. The Balaban J connectivity index is 2.11. The largest absolute Gasteiger partial charge is 0.493 e. The van der Waals surface area contributed by atoms with E-state index >= 15 is 0 Å². The third-order valence-corrected chi connectivity index (χ3v) is 3.74. The fourth-order valence-electron chi connectivity index (χ4n) is 2.49. The number of alkyl halides is 2. The van der Waals surface area contributed by atoms with E-state index in [2.05, 4.69) is 22.3 Å². The van der Waals surface area contributed by atoms with Gasteiger partial charge in [0.1, 0.15) is 0 Å². The zero-order valence-corrected chi connectivity index (χ0v) is 12.6. The van der Waals surface area contributed by atoms with E-state index < -0.39 is 6.61 Å². The van der Waals surface area contributed by atoms with Crippen molar-refractivity contribution in [2.24, 2.45) is 5.92 Å². The number of amides is 1. The Hall–Kier alpha value is -1.89. The van der Waals surface area contributed by atoms with Crippen LogP contribution in [0.25, 0.3) is 0 Å². The molecule has 22 heavy (non-hydrogen) atoms. The van der Waals surface area contributed by atoms with E-state index in [-0.39, 0.29) is 29.0 Å². The topological polar surface area (TPSA) is 59.6 Å². The van der Waals surface area contributed by atoms with Crippen LogP contribution in [0.15, 0.2) is 18.2 Å². The summed E-state index contributed by atoms with van der Waals surface area (Å²) in [6.45, 7) is 0.762. The Morgan fingerprint density at radius 1 is 1.41 bits per heavy atom. The molecular weight excluding hydrogens is 294 g/mol. The van der Waals surface area contributed by atoms with Crippen LogP contribution in [0.5, 0.6) is 11.5 Å². The van der Waals surface area contributed by atoms with Crippen molar-refractivity contribution >= 4 is 5.91 Å². The number of halogens is 2. The van der Waals surface area contributed by atoms with Crippen molar-refractivity contribution in [3.8, 4) is 11.5 Å². The Morgan fingerprint density at radius 2 is 2.18 bits per heavy atom. The van der Waals surface area contributed by atoms with Gasteiger partial charge >= 0.3 is 6.61 Å². The zero-order valence-electron chi connectivity index (χ0n) is 12.6. The fourth-order valence-corrected chi connectivity index (χ4v) is 2.49. The van der Waals surface area contributed by atoms with Crippen LogP contribution in [-0.2, 0) is 0 Å². The van der Waals surface area contributed by atoms with E-state index in [9.17, 15) is 13.6 Å². The van der Waals surface area contributed by atoms with Gasteiger partial charge in [-0.3, -0.25) is 4.79 Å². The molecule has 2 rings (SSSR count). The molecule has 1 heterocycles. The first-order valence-corrected chi connectivity index (χ1v) is 7.15. The van der Waals surface area contributed by atoms with Gasteiger partial charge in [0.05, 0.1) is 7.11 Å². The van der Waals surface area contributed by atoms with Crippen molar-refractivity contribution < 1.29 is 23.0 Å². The molecule has 2 atom stereocenters. The lowest BCUT2D eigenvalue weighted by Gasteiger charge is -2.30. The molecule has 1 saturated heterocycles. The van der Waals surface area contributed by atoms with Gasteiger partial charge in [-0.05, 0) is 43.6 Å². The van der Waals surface area contributed by atoms with E-state index in [0.717, 1.165) is 19.5 Å². The fraction of sp³-hybridized carbons (Fsp3) is 0.533. The molecule has 1 amide bonds. The number of hydrogen-bond acceptors (Lipinski definition) is 4. The number of carbonyl (C=O) groups is 1. The molecule has 0 bridgehead atoms. The van der Waals surface area contributed by atoms with Crippen LogP contribution in [-0.4, -0.2) is 38.8 Å². The summed E-state index contributed by atoms with van der Waals surface area (Å²) in [7, 11) is 1.35. The van der Waals surface area contributed by atoms with Gasteiger partial charge in [0.15, 0.2) is 11.5 Å². The number of carbonyl (C=O) groups excluding carboxylic acids is 1. The van der Waals surface area contributed by atoms with E-state index in [1.54, 1.807) is 0 Å². The predicted octanol–water partition coefficient (Wildman–Crippen LogP) is 2.02. The molecule has 1 aromatic carbocycles. The number of benzene rings is 1. The Labute approximate surface area is 128 Å². The van der Waals surface area contributed by atoms with Crippen LogP contribution in [0.3, 0.4) is 0 Å². The standard InChI is InChI=1S/C15H20F2N2O3/c1-9-8-18-6-5-11(9)19-14(20)10-3-4-12(21-2)13(7-10)22-15(16)17/h3-4,7,9,11,15,18H,5-6,8H2,1-2H3,(H,19,20). The Morgan fingerprint density at radius 3 is 2.82 bits per heavy atom. The molecule has 122 valence electrons. The molecule has 2 N–H and O–H groups in total. The third kappa shape index (κ3) is 4.07. The van der Waals surface area contributed by atoms with Gasteiger partial charge in [-0.2, -0.15) is 8.78 Å². The molecule has 1 fully saturated rings. The first-order valence-electron chi connectivity index (χ1n) is 7.15. The second-order valence-electron chi connectivity index (χ2n) is 5.29. The quantitative estimate of drug-likeness (QED) is 0.873. The van der Waals surface area contributed by atoms with E-state index in [1.807, 2.05) is 0 Å². The molecule has 7 heteroatoms. The minimum atomic E-state index is -2.98. The average molecular weight is 314 g/mol. The normalized spacial score (nSPS) is 21.5. The maximum atomic E-state index is 12.4. The SMILES string of the molecule is COc1ccc(C(=O)NC2CCNCC2C)cc1OC(F)F. The van der Waals surface area contributed by atoms with E-state index in [0.29, 0.717) is 5.92 Å². The molecule has 0 radical (unpaired) electrons. The monoisotopic (exact) mass is 314 g/mol. The molecular formula is C15H20F2N2O3. The van der Waals surface area contributed by atoms with Crippen molar-refractivity contribution in [2.45, 2.75) is 26.0 Å². The minimum absolute atomic E-state index is 0.0651. The van der Waals surface area contributed by atoms with Crippen LogP contribution in [0.4, 0.5) is 8.78 Å². The second-order valence-corrected chi connectivity index (χ2v) is 5.29. The highest BCUT2D eigenvalue weighted by Crippen LogP contribution is 2.29. The van der Waals surface area contributed by atoms with Crippen molar-refractivity contribution in [1.82, 2.24) is 10.6 Å². The van der Waals surface area contributed by atoms with Crippen LogP contribution < -0.4 is 20.1 Å². The van der Waals surface area contributed by atoms with Crippen molar-refractivity contribution in [3.05, 3.63) is 23.8 Å². The first kappa shape index (κ1) is 16.5. The highest BCUT2D eigenvalue weighted by molar-refractivity contribution is 5.95. The van der Waals surface area contributed by atoms with Gasteiger partial charge in [0, 0.05) is 11.6 Å². The van der Waals surface area contributed by atoms with Crippen molar-refractivity contribution in [2.75, 3.05) is 20.2 Å². The molecule has 2 unspecified atom stereocenters. The smallest absolute Gasteiger partial charge is 0.387 e. The lowest BCUT2D eigenvalue weighted by molar-refractivity contribution is -0.0512. The molecule has 0 aliphatic carbocycles. The highest BCUT2D eigenvalue weighted by Gasteiger charge is 2.23. The molecule has 1 aromatic rings. The van der Waals surface area contributed by atoms with Gasteiger partial charge in [-0.15, -0.1) is 0 Å².